The molecule has 2 rings (SSSR count). The van der Waals surface area contributed by atoms with Crippen LogP contribution in [0.3, 0.4) is 0 Å². The van der Waals surface area contributed by atoms with Gasteiger partial charge in [0.1, 0.15) is 0 Å². The van der Waals surface area contributed by atoms with Crippen LogP contribution in [0.2, 0.25) is 0 Å². The molecule has 0 unspecified atom stereocenters. The number of carboxylic acid groups (broad SMARTS) is 1. The maximum atomic E-state index is 11.1. The van der Waals surface area contributed by atoms with E-state index in [0.29, 0.717) is 11.5 Å². The van der Waals surface area contributed by atoms with E-state index in [4.69, 9.17) is 5.11 Å². The fourth-order valence-electron chi connectivity index (χ4n) is 2.47. The zero-order valence-corrected chi connectivity index (χ0v) is 9.52. The summed E-state index contributed by atoms with van der Waals surface area (Å²) in [6.07, 6.45) is 2.24. The number of nitrogens with zero attached hydrogens (tertiary/aromatic N) is 1. The summed E-state index contributed by atoms with van der Waals surface area (Å²) in [5, 5.41) is 9.15. The van der Waals surface area contributed by atoms with Gasteiger partial charge in [-0.2, -0.15) is 0 Å². The molecule has 3 nitrogen and oxygen atoms in total. The number of hydrogen-bond acceptors (Lipinski definition) is 2. The van der Waals surface area contributed by atoms with Crippen LogP contribution in [0.25, 0.3) is 0 Å². The summed E-state index contributed by atoms with van der Waals surface area (Å²) in [7, 11) is 2.09. The minimum atomic E-state index is -0.816. The van der Waals surface area contributed by atoms with Gasteiger partial charge in [-0.1, -0.05) is 18.2 Å². The molecule has 0 radical (unpaired) electrons. The molecule has 1 aromatic carbocycles. The summed E-state index contributed by atoms with van der Waals surface area (Å²) in [5.74, 6) is -0.449. The van der Waals surface area contributed by atoms with Crippen molar-refractivity contribution in [2.75, 3.05) is 20.1 Å². The van der Waals surface area contributed by atoms with E-state index in [1.807, 2.05) is 12.1 Å². The first kappa shape index (κ1) is 11.1. The van der Waals surface area contributed by atoms with Crippen molar-refractivity contribution in [2.45, 2.75) is 18.8 Å². The van der Waals surface area contributed by atoms with Gasteiger partial charge in [-0.05, 0) is 44.0 Å². The zero-order chi connectivity index (χ0) is 11.5. The van der Waals surface area contributed by atoms with Crippen LogP contribution in [0.4, 0.5) is 0 Å². The second-order valence-electron chi connectivity index (χ2n) is 4.49. The Hall–Kier alpha value is -1.35. The molecular weight excluding hydrogens is 202 g/mol. The van der Waals surface area contributed by atoms with E-state index in [-0.39, 0.29) is 0 Å². The number of piperidine rings is 1. The summed E-state index contributed by atoms with van der Waals surface area (Å²) in [4.78, 5) is 13.4. The van der Waals surface area contributed by atoms with Gasteiger partial charge < -0.3 is 10.0 Å². The van der Waals surface area contributed by atoms with Gasteiger partial charge in [-0.25, -0.2) is 4.79 Å². The van der Waals surface area contributed by atoms with Crippen molar-refractivity contribution in [1.29, 1.82) is 0 Å². The minimum absolute atomic E-state index is 0.367. The summed E-state index contributed by atoms with van der Waals surface area (Å²) in [5.41, 5.74) is 1.45. The molecule has 0 saturated carbocycles. The molecule has 86 valence electrons. The first-order valence-electron chi connectivity index (χ1n) is 5.69. The number of rotatable bonds is 2. The topological polar surface area (TPSA) is 40.5 Å². The highest BCUT2D eigenvalue weighted by molar-refractivity contribution is 5.89. The van der Waals surface area contributed by atoms with E-state index in [0.717, 1.165) is 31.5 Å². The second-order valence-corrected chi connectivity index (χ2v) is 4.49. The van der Waals surface area contributed by atoms with Crippen LogP contribution < -0.4 is 0 Å². The Bertz CT molecular complexity index is 389. The molecule has 3 heteroatoms. The number of aromatic carboxylic acids is 1. The molecule has 1 atom stereocenters. The van der Waals surface area contributed by atoms with Gasteiger partial charge in [-0.15, -0.1) is 0 Å². The van der Waals surface area contributed by atoms with Crippen molar-refractivity contribution in [3.05, 3.63) is 35.4 Å². The number of likely N-dealkylation sites (N-methyl/N-ethyl adjacent to an activating group) is 1. The number of benzene rings is 1. The Kier molecular flexibility index (Phi) is 3.25. The first-order chi connectivity index (χ1) is 7.68. The molecule has 1 heterocycles. The van der Waals surface area contributed by atoms with Gasteiger partial charge in [0.2, 0.25) is 0 Å². The molecule has 1 aliphatic rings. The largest absolute Gasteiger partial charge is 0.478 e. The molecule has 1 aliphatic heterocycles. The molecule has 0 aliphatic carbocycles. The van der Waals surface area contributed by atoms with E-state index < -0.39 is 5.97 Å². The minimum Gasteiger partial charge on any atom is -0.478 e. The second kappa shape index (κ2) is 4.66. The predicted molar refractivity (Wildman–Crippen MR) is 62.9 cm³/mol. The highest BCUT2D eigenvalue weighted by Crippen LogP contribution is 2.28. The van der Waals surface area contributed by atoms with Crippen LogP contribution >= 0.6 is 0 Å². The molecule has 0 aromatic heterocycles. The molecule has 1 saturated heterocycles. The SMILES string of the molecule is CN1CCC[C@H](c2ccccc2C(=O)O)C1. The van der Waals surface area contributed by atoms with Gasteiger partial charge in [0, 0.05) is 6.54 Å². The van der Waals surface area contributed by atoms with Crippen molar-refractivity contribution in [2.24, 2.45) is 0 Å². The van der Waals surface area contributed by atoms with Crippen molar-refractivity contribution < 1.29 is 9.90 Å². The monoisotopic (exact) mass is 219 g/mol. The van der Waals surface area contributed by atoms with Gasteiger partial charge in [0.05, 0.1) is 5.56 Å². The fourth-order valence-corrected chi connectivity index (χ4v) is 2.47. The molecule has 1 fully saturated rings. The summed E-state index contributed by atoms with van der Waals surface area (Å²) in [6.45, 7) is 2.08. The average molecular weight is 219 g/mol. The lowest BCUT2D eigenvalue weighted by Crippen LogP contribution is -2.31. The normalized spacial score (nSPS) is 21.9. The maximum Gasteiger partial charge on any atom is 0.335 e. The Labute approximate surface area is 95.7 Å². The molecule has 1 aromatic rings. The van der Waals surface area contributed by atoms with Crippen molar-refractivity contribution in [3.8, 4) is 0 Å². The average Bonchev–Trinajstić information content (AvgIpc) is 2.29. The zero-order valence-electron chi connectivity index (χ0n) is 9.52. The standard InChI is InChI=1S/C13H17NO2/c1-14-8-4-5-10(9-14)11-6-2-3-7-12(11)13(15)16/h2-3,6-7,10H,4-5,8-9H2,1H3,(H,15,16)/t10-/m0/s1. The van der Waals surface area contributed by atoms with E-state index >= 15 is 0 Å². The Morgan fingerprint density at radius 1 is 1.44 bits per heavy atom. The third kappa shape index (κ3) is 2.25. The Balaban J connectivity index is 2.28. The molecule has 16 heavy (non-hydrogen) atoms. The molecule has 0 bridgehead atoms. The van der Waals surface area contributed by atoms with Crippen LogP contribution in [0.5, 0.6) is 0 Å². The van der Waals surface area contributed by atoms with E-state index in [1.54, 1.807) is 12.1 Å². The van der Waals surface area contributed by atoms with Gasteiger partial charge in [-0.3, -0.25) is 0 Å². The Morgan fingerprint density at radius 2 is 2.19 bits per heavy atom. The summed E-state index contributed by atoms with van der Waals surface area (Å²) < 4.78 is 0. The molecule has 0 spiro atoms. The van der Waals surface area contributed by atoms with Crippen LogP contribution in [-0.4, -0.2) is 36.1 Å². The highest BCUT2D eigenvalue weighted by atomic mass is 16.4. The van der Waals surface area contributed by atoms with Crippen molar-refractivity contribution >= 4 is 5.97 Å². The predicted octanol–water partition coefficient (Wildman–Crippen LogP) is 2.19. The molecule has 0 amide bonds. The van der Waals surface area contributed by atoms with Gasteiger partial charge >= 0.3 is 5.97 Å². The number of carbonyl (C=O) groups is 1. The number of hydrogen-bond donors (Lipinski definition) is 1. The van der Waals surface area contributed by atoms with E-state index in [9.17, 15) is 4.79 Å². The fraction of sp³-hybridized carbons (Fsp3) is 0.462. The third-order valence-corrected chi connectivity index (χ3v) is 3.26. The summed E-state index contributed by atoms with van der Waals surface area (Å²) >= 11 is 0. The maximum absolute atomic E-state index is 11.1. The third-order valence-electron chi connectivity index (χ3n) is 3.26. The van der Waals surface area contributed by atoms with E-state index in [1.165, 1.54) is 0 Å². The van der Waals surface area contributed by atoms with Crippen LogP contribution in [0, 0.1) is 0 Å². The summed E-state index contributed by atoms with van der Waals surface area (Å²) in [6, 6.07) is 7.37. The first-order valence-corrected chi connectivity index (χ1v) is 5.69. The van der Waals surface area contributed by atoms with Crippen molar-refractivity contribution in [1.82, 2.24) is 4.90 Å². The van der Waals surface area contributed by atoms with Crippen LogP contribution in [0.15, 0.2) is 24.3 Å². The van der Waals surface area contributed by atoms with Gasteiger partial charge in [0.15, 0.2) is 0 Å². The Morgan fingerprint density at radius 3 is 2.88 bits per heavy atom. The lowest BCUT2D eigenvalue weighted by molar-refractivity contribution is 0.0694. The van der Waals surface area contributed by atoms with Gasteiger partial charge in [0.25, 0.3) is 0 Å². The lowest BCUT2D eigenvalue weighted by Gasteiger charge is -2.30. The molecule has 1 N–H and O–H groups in total. The number of carboxylic acids is 1. The quantitative estimate of drug-likeness (QED) is 0.829. The van der Waals surface area contributed by atoms with Crippen LogP contribution in [-0.2, 0) is 0 Å². The number of likely N-dealkylation sites (tertiary alicyclic amines) is 1. The smallest absolute Gasteiger partial charge is 0.335 e. The lowest BCUT2D eigenvalue weighted by atomic mass is 9.88. The van der Waals surface area contributed by atoms with E-state index in [2.05, 4.69) is 11.9 Å². The molecular formula is C13H17NO2. The van der Waals surface area contributed by atoms with Crippen LogP contribution in [0.1, 0.15) is 34.7 Å². The van der Waals surface area contributed by atoms with Crippen molar-refractivity contribution in [3.63, 3.8) is 0 Å². The highest BCUT2D eigenvalue weighted by Gasteiger charge is 2.22.